The molecule has 2 aromatic carbocycles. The Kier molecular flexibility index (Phi) is 3.75. The predicted octanol–water partition coefficient (Wildman–Crippen LogP) is 4.44. The molecule has 3 nitrogen and oxygen atoms in total. The van der Waals surface area contributed by atoms with Crippen LogP contribution in [0, 0.1) is 0 Å². The van der Waals surface area contributed by atoms with E-state index in [4.69, 9.17) is 28.3 Å². The van der Waals surface area contributed by atoms with E-state index >= 15 is 0 Å². The first-order valence-electron chi connectivity index (χ1n) is 5.12. The fourth-order valence-electron chi connectivity index (χ4n) is 1.53. The molecule has 2 rings (SSSR count). The van der Waals surface area contributed by atoms with Gasteiger partial charge in [0.25, 0.3) is 0 Å². The first kappa shape index (κ1) is 12.7. The summed E-state index contributed by atoms with van der Waals surface area (Å²) in [6.45, 7) is 0. The molecule has 0 aliphatic carbocycles. The number of hydrogen-bond acceptors (Lipinski definition) is 2. The van der Waals surface area contributed by atoms with Crippen LogP contribution in [0.5, 0.6) is 0 Å². The molecule has 0 aliphatic heterocycles. The molecule has 0 radical (unpaired) electrons. The van der Waals surface area contributed by atoms with Gasteiger partial charge < -0.3 is 10.4 Å². The molecule has 0 aliphatic rings. The van der Waals surface area contributed by atoms with Crippen molar-refractivity contribution in [1.82, 2.24) is 0 Å². The van der Waals surface area contributed by atoms with Gasteiger partial charge in [0.2, 0.25) is 0 Å². The number of halogens is 2. The minimum Gasteiger partial charge on any atom is -0.478 e. The third kappa shape index (κ3) is 2.94. The number of hydrogen-bond donors (Lipinski definition) is 2. The standard InChI is InChI=1S/C13H9Cl2NO2/c14-8-2-1-3-10(6-8)16-12-7-9(15)4-5-11(12)13(17)18/h1-7,16H,(H,17,18). The van der Waals surface area contributed by atoms with Crippen LogP contribution < -0.4 is 5.32 Å². The van der Waals surface area contributed by atoms with Crippen molar-refractivity contribution in [3.63, 3.8) is 0 Å². The van der Waals surface area contributed by atoms with Gasteiger partial charge in [0.15, 0.2) is 0 Å². The molecule has 0 saturated carbocycles. The molecule has 0 spiro atoms. The fourth-order valence-corrected chi connectivity index (χ4v) is 1.89. The predicted molar refractivity (Wildman–Crippen MR) is 73.1 cm³/mol. The third-order valence-electron chi connectivity index (χ3n) is 2.32. The quantitative estimate of drug-likeness (QED) is 0.875. The Labute approximate surface area is 114 Å². The molecule has 0 aromatic heterocycles. The second kappa shape index (κ2) is 5.29. The highest BCUT2D eigenvalue weighted by Gasteiger charge is 2.10. The van der Waals surface area contributed by atoms with Crippen molar-refractivity contribution in [2.75, 3.05) is 5.32 Å². The molecule has 92 valence electrons. The van der Waals surface area contributed by atoms with Gasteiger partial charge in [-0.2, -0.15) is 0 Å². The van der Waals surface area contributed by atoms with Crippen molar-refractivity contribution in [3.8, 4) is 0 Å². The molecule has 0 unspecified atom stereocenters. The van der Waals surface area contributed by atoms with Crippen molar-refractivity contribution in [2.24, 2.45) is 0 Å². The van der Waals surface area contributed by atoms with Gasteiger partial charge in [0.05, 0.1) is 11.3 Å². The van der Waals surface area contributed by atoms with E-state index in [0.717, 1.165) is 0 Å². The molecule has 0 fully saturated rings. The Bertz CT molecular complexity index is 599. The van der Waals surface area contributed by atoms with Crippen LogP contribution in [0.4, 0.5) is 11.4 Å². The molecule has 2 N–H and O–H groups in total. The van der Waals surface area contributed by atoms with Gasteiger partial charge in [-0.05, 0) is 36.4 Å². The molecule has 0 saturated heterocycles. The normalized spacial score (nSPS) is 10.1. The van der Waals surface area contributed by atoms with Crippen molar-refractivity contribution >= 4 is 40.5 Å². The molecular formula is C13H9Cl2NO2. The Morgan fingerprint density at radius 2 is 1.78 bits per heavy atom. The van der Waals surface area contributed by atoms with Gasteiger partial charge in [-0.3, -0.25) is 0 Å². The van der Waals surface area contributed by atoms with Crippen LogP contribution in [0.2, 0.25) is 10.0 Å². The number of carboxylic acid groups (broad SMARTS) is 1. The van der Waals surface area contributed by atoms with E-state index in [2.05, 4.69) is 5.32 Å². The zero-order chi connectivity index (χ0) is 13.1. The van der Waals surface area contributed by atoms with Crippen LogP contribution in [0.25, 0.3) is 0 Å². The average molecular weight is 282 g/mol. The Balaban J connectivity index is 2.39. The Hall–Kier alpha value is -1.71. The van der Waals surface area contributed by atoms with Crippen LogP contribution in [-0.4, -0.2) is 11.1 Å². The van der Waals surface area contributed by atoms with E-state index in [9.17, 15) is 4.79 Å². The van der Waals surface area contributed by atoms with E-state index in [1.807, 2.05) is 0 Å². The summed E-state index contributed by atoms with van der Waals surface area (Å²) in [5, 5.41) is 13.1. The molecular weight excluding hydrogens is 273 g/mol. The summed E-state index contributed by atoms with van der Waals surface area (Å²) in [7, 11) is 0. The van der Waals surface area contributed by atoms with Gasteiger partial charge in [-0.25, -0.2) is 4.79 Å². The van der Waals surface area contributed by atoms with Crippen LogP contribution in [0.15, 0.2) is 42.5 Å². The summed E-state index contributed by atoms with van der Waals surface area (Å²) in [6.07, 6.45) is 0. The zero-order valence-corrected chi connectivity index (χ0v) is 10.7. The minimum absolute atomic E-state index is 0.152. The largest absolute Gasteiger partial charge is 0.478 e. The lowest BCUT2D eigenvalue weighted by Crippen LogP contribution is -2.02. The van der Waals surface area contributed by atoms with Crippen molar-refractivity contribution in [3.05, 3.63) is 58.1 Å². The summed E-state index contributed by atoms with van der Waals surface area (Å²) in [5.41, 5.74) is 1.28. The zero-order valence-electron chi connectivity index (χ0n) is 9.15. The first-order chi connectivity index (χ1) is 8.56. The lowest BCUT2D eigenvalue weighted by atomic mass is 10.1. The Morgan fingerprint density at radius 3 is 2.44 bits per heavy atom. The monoisotopic (exact) mass is 281 g/mol. The lowest BCUT2D eigenvalue weighted by Gasteiger charge is -2.10. The Morgan fingerprint density at radius 1 is 1.06 bits per heavy atom. The number of carbonyl (C=O) groups is 1. The molecule has 0 atom stereocenters. The van der Waals surface area contributed by atoms with Gasteiger partial charge in [0.1, 0.15) is 0 Å². The molecule has 2 aromatic rings. The summed E-state index contributed by atoms with van der Waals surface area (Å²) in [5.74, 6) is -1.02. The van der Waals surface area contributed by atoms with Gasteiger partial charge >= 0.3 is 5.97 Å². The first-order valence-corrected chi connectivity index (χ1v) is 5.87. The highest BCUT2D eigenvalue weighted by molar-refractivity contribution is 6.31. The van der Waals surface area contributed by atoms with E-state index in [-0.39, 0.29) is 5.56 Å². The summed E-state index contributed by atoms with van der Waals surface area (Å²) < 4.78 is 0. The van der Waals surface area contributed by atoms with Gasteiger partial charge in [-0.15, -0.1) is 0 Å². The van der Waals surface area contributed by atoms with Crippen molar-refractivity contribution < 1.29 is 9.90 Å². The number of aromatic carboxylic acids is 1. The van der Waals surface area contributed by atoms with Crippen molar-refractivity contribution in [1.29, 1.82) is 0 Å². The second-order valence-corrected chi connectivity index (χ2v) is 4.50. The van der Waals surface area contributed by atoms with Crippen LogP contribution in [-0.2, 0) is 0 Å². The lowest BCUT2D eigenvalue weighted by molar-refractivity contribution is 0.0698. The highest BCUT2D eigenvalue weighted by atomic mass is 35.5. The summed E-state index contributed by atoms with van der Waals surface area (Å²) in [6, 6.07) is 11.6. The average Bonchev–Trinajstić information content (AvgIpc) is 2.28. The van der Waals surface area contributed by atoms with E-state index in [0.29, 0.717) is 21.4 Å². The molecule has 5 heteroatoms. The molecule has 0 bridgehead atoms. The molecule has 0 amide bonds. The molecule has 0 heterocycles. The van der Waals surface area contributed by atoms with E-state index in [1.54, 1.807) is 30.3 Å². The topological polar surface area (TPSA) is 49.3 Å². The second-order valence-electron chi connectivity index (χ2n) is 3.63. The maximum atomic E-state index is 11.1. The maximum Gasteiger partial charge on any atom is 0.337 e. The van der Waals surface area contributed by atoms with Gasteiger partial charge in [0, 0.05) is 15.7 Å². The van der Waals surface area contributed by atoms with E-state index in [1.165, 1.54) is 12.1 Å². The number of nitrogens with one attached hydrogen (secondary N) is 1. The number of rotatable bonds is 3. The van der Waals surface area contributed by atoms with Crippen LogP contribution in [0.1, 0.15) is 10.4 Å². The number of benzene rings is 2. The van der Waals surface area contributed by atoms with Crippen molar-refractivity contribution in [2.45, 2.75) is 0 Å². The van der Waals surface area contributed by atoms with Crippen LogP contribution >= 0.6 is 23.2 Å². The number of anilines is 2. The van der Waals surface area contributed by atoms with E-state index < -0.39 is 5.97 Å². The minimum atomic E-state index is -1.02. The summed E-state index contributed by atoms with van der Waals surface area (Å²) in [4.78, 5) is 11.1. The van der Waals surface area contributed by atoms with Crippen LogP contribution in [0.3, 0.4) is 0 Å². The summed E-state index contributed by atoms with van der Waals surface area (Å²) >= 11 is 11.7. The molecule has 18 heavy (non-hydrogen) atoms. The smallest absolute Gasteiger partial charge is 0.337 e. The third-order valence-corrected chi connectivity index (χ3v) is 2.79. The SMILES string of the molecule is O=C(O)c1ccc(Cl)cc1Nc1cccc(Cl)c1. The fraction of sp³-hybridized carbons (Fsp3) is 0. The highest BCUT2D eigenvalue weighted by Crippen LogP contribution is 2.26. The number of carboxylic acids is 1. The van der Waals surface area contributed by atoms with Gasteiger partial charge in [-0.1, -0.05) is 29.3 Å². The maximum absolute atomic E-state index is 11.1.